The number of anilines is 1. The maximum Gasteiger partial charge on any atom is 0.347 e. The van der Waals surface area contributed by atoms with E-state index in [2.05, 4.69) is 4.98 Å². The third-order valence-corrected chi connectivity index (χ3v) is 8.40. The molecule has 1 aliphatic carbocycles. The van der Waals surface area contributed by atoms with E-state index in [1.54, 1.807) is 18.5 Å². The van der Waals surface area contributed by atoms with E-state index in [0.717, 1.165) is 31.2 Å². The number of hydrogen-bond donors (Lipinski definition) is 1. The highest BCUT2D eigenvalue weighted by molar-refractivity contribution is 7.20. The molecule has 9 nitrogen and oxygen atoms in total. The van der Waals surface area contributed by atoms with Crippen molar-refractivity contribution in [3.63, 3.8) is 0 Å². The average molecular weight is 503 g/mol. The molecule has 0 radical (unpaired) electrons. The average Bonchev–Trinajstić information content (AvgIpc) is 3.59. The number of hydrogen-bond acceptors (Lipinski definition) is 8. The van der Waals surface area contributed by atoms with Crippen LogP contribution < -0.4 is 4.90 Å². The van der Waals surface area contributed by atoms with Gasteiger partial charge in [0.2, 0.25) is 0 Å². The number of nitrogens with zero attached hydrogens (tertiary/aromatic N) is 4. The van der Waals surface area contributed by atoms with Crippen LogP contribution in [0.25, 0.3) is 21.5 Å². The molecule has 2 fully saturated rings. The third kappa shape index (κ3) is 4.16. The SMILES string of the molecule is COC(=O)c1c(N2CC[C@H](CO)C2)sc(-c2ccc3c(c2)ncn3[C@@H]2CCCC[C@H]2F)c1[N+](=O)[O-]. The quantitative estimate of drug-likeness (QED) is 0.295. The zero-order valence-corrected chi connectivity index (χ0v) is 20.2. The van der Waals surface area contributed by atoms with Crippen molar-refractivity contribution in [2.45, 2.75) is 44.3 Å². The van der Waals surface area contributed by atoms with Gasteiger partial charge in [-0.15, -0.1) is 11.3 Å². The molecule has 35 heavy (non-hydrogen) atoms. The molecule has 1 aromatic carbocycles. The number of nitro groups is 1. The van der Waals surface area contributed by atoms with Crippen LogP contribution in [0.2, 0.25) is 0 Å². The molecule has 1 saturated heterocycles. The van der Waals surface area contributed by atoms with Crippen molar-refractivity contribution in [2.75, 3.05) is 31.7 Å². The molecule has 2 aliphatic rings. The number of carbonyl (C=O) groups excluding carboxylic acids is 1. The number of imidazole rings is 1. The van der Waals surface area contributed by atoms with Crippen molar-refractivity contribution in [3.05, 3.63) is 40.2 Å². The zero-order valence-electron chi connectivity index (χ0n) is 19.4. The number of aromatic nitrogens is 2. The number of fused-ring (bicyclic) bond motifs is 1. The Labute approximate surface area is 205 Å². The second-order valence-corrected chi connectivity index (χ2v) is 10.2. The Bertz CT molecular complexity index is 1270. The molecular weight excluding hydrogens is 475 g/mol. The van der Waals surface area contributed by atoms with E-state index in [9.17, 15) is 24.4 Å². The first-order valence-electron chi connectivity index (χ1n) is 11.8. The Morgan fingerprint density at radius 1 is 1.34 bits per heavy atom. The summed E-state index contributed by atoms with van der Waals surface area (Å²) in [5, 5.41) is 22.2. The molecule has 3 aromatic rings. The van der Waals surface area contributed by atoms with E-state index in [-0.39, 0.29) is 29.8 Å². The van der Waals surface area contributed by atoms with E-state index >= 15 is 0 Å². The number of esters is 1. The number of halogens is 1. The fourth-order valence-corrected chi connectivity index (χ4v) is 6.56. The van der Waals surface area contributed by atoms with Crippen LogP contribution in [0.5, 0.6) is 0 Å². The molecule has 5 rings (SSSR count). The zero-order chi connectivity index (χ0) is 24.7. The van der Waals surface area contributed by atoms with E-state index in [0.29, 0.717) is 40.5 Å². The van der Waals surface area contributed by atoms with E-state index in [1.807, 2.05) is 15.5 Å². The number of thiophene rings is 1. The van der Waals surface area contributed by atoms with Gasteiger partial charge in [0.15, 0.2) is 5.56 Å². The van der Waals surface area contributed by atoms with Crippen LogP contribution in [0.1, 0.15) is 48.5 Å². The maximum absolute atomic E-state index is 14.6. The lowest BCUT2D eigenvalue weighted by atomic mass is 9.93. The fourth-order valence-electron chi connectivity index (χ4n) is 5.27. The highest BCUT2D eigenvalue weighted by atomic mass is 32.1. The van der Waals surface area contributed by atoms with E-state index in [1.165, 1.54) is 18.4 Å². The molecule has 0 amide bonds. The number of methoxy groups -OCH3 is 1. The molecule has 11 heteroatoms. The number of aliphatic hydroxyl groups excluding tert-OH is 1. The molecule has 1 aliphatic heterocycles. The third-order valence-electron chi connectivity index (χ3n) is 7.11. The lowest BCUT2D eigenvalue weighted by molar-refractivity contribution is -0.384. The van der Waals surface area contributed by atoms with Gasteiger partial charge in [0.05, 0.1) is 35.4 Å². The monoisotopic (exact) mass is 502 g/mol. The molecule has 0 unspecified atom stereocenters. The van der Waals surface area contributed by atoms with Crippen molar-refractivity contribution in [1.82, 2.24) is 9.55 Å². The van der Waals surface area contributed by atoms with E-state index < -0.39 is 17.1 Å². The van der Waals surface area contributed by atoms with Crippen molar-refractivity contribution >= 4 is 39.0 Å². The predicted molar refractivity (Wildman–Crippen MR) is 131 cm³/mol. The first kappa shape index (κ1) is 23.7. The summed E-state index contributed by atoms with van der Waals surface area (Å²) < 4.78 is 21.4. The van der Waals surface area contributed by atoms with Crippen molar-refractivity contribution in [1.29, 1.82) is 0 Å². The number of rotatable bonds is 6. The predicted octanol–water partition coefficient (Wildman–Crippen LogP) is 4.73. The van der Waals surface area contributed by atoms with Crippen LogP contribution in [0.4, 0.5) is 15.1 Å². The van der Waals surface area contributed by atoms with Gasteiger partial charge in [-0.2, -0.15) is 0 Å². The summed E-state index contributed by atoms with van der Waals surface area (Å²) in [5.74, 6) is -0.720. The number of benzene rings is 1. The van der Waals surface area contributed by atoms with Crippen LogP contribution in [-0.2, 0) is 4.74 Å². The van der Waals surface area contributed by atoms with E-state index in [4.69, 9.17) is 4.74 Å². The lowest BCUT2D eigenvalue weighted by Gasteiger charge is -2.27. The number of alkyl halides is 1. The molecule has 3 atom stereocenters. The molecule has 0 bridgehead atoms. The molecule has 0 spiro atoms. The smallest absolute Gasteiger partial charge is 0.347 e. The largest absolute Gasteiger partial charge is 0.465 e. The van der Waals surface area contributed by atoms with Gasteiger partial charge in [-0.3, -0.25) is 10.1 Å². The lowest BCUT2D eigenvalue weighted by Crippen LogP contribution is -2.23. The number of ether oxygens (including phenoxy) is 1. The molecule has 1 N–H and O–H groups in total. The molecule has 186 valence electrons. The summed E-state index contributed by atoms with van der Waals surface area (Å²) in [4.78, 5) is 31.0. The highest BCUT2D eigenvalue weighted by Gasteiger charge is 2.38. The summed E-state index contributed by atoms with van der Waals surface area (Å²) in [6.45, 7) is 1.11. The van der Waals surface area contributed by atoms with Crippen molar-refractivity contribution in [3.8, 4) is 10.4 Å². The van der Waals surface area contributed by atoms with Gasteiger partial charge in [0.25, 0.3) is 0 Å². The topological polar surface area (TPSA) is 111 Å². The Morgan fingerprint density at radius 3 is 2.83 bits per heavy atom. The Balaban J connectivity index is 1.60. The molecule has 1 saturated carbocycles. The summed E-state index contributed by atoms with van der Waals surface area (Å²) in [6, 6.07) is 5.08. The van der Waals surface area contributed by atoms with Crippen LogP contribution in [0, 0.1) is 16.0 Å². The number of carbonyl (C=O) groups is 1. The first-order valence-corrected chi connectivity index (χ1v) is 12.6. The minimum atomic E-state index is -0.924. The van der Waals surface area contributed by atoms with Crippen LogP contribution >= 0.6 is 11.3 Å². The minimum absolute atomic E-state index is 0.0183. The Morgan fingerprint density at radius 2 is 2.14 bits per heavy atom. The van der Waals surface area contributed by atoms with Crippen LogP contribution in [-0.4, -0.2) is 58.5 Å². The Hall–Kier alpha value is -3.05. The Kier molecular flexibility index (Phi) is 6.45. The van der Waals surface area contributed by atoms with Gasteiger partial charge in [0, 0.05) is 31.2 Å². The number of aliphatic hydroxyl groups is 1. The minimum Gasteiger partial charge on any atom is -0.465 e. The van der Waals surface area contributed by atoms with Gasteiger partial charge in [-0.25, -0.2) is 14.2 Å². The van der Waals surface area contributed by atoms with Gasteiger partial charge >= 0.3 is 11.7 Å². The second kappa shape index (κ2) is 9.54. The second-order valence-electron chi connectivity index (χ2n) is 9.22. The van der Waals surface area contributed by atoms with Gasteiger partial charge in [-0.1, -0.05) is 18.9 Å². The van der Waals surface area contributed by atoms with Gasteiger partial charge in [-0.05, 0) is 31.4 Å². The summed E-state index contributed by atoms with van der Waals surface area (Å²) in [7, 11) is 1.20. The summed E-state index contributed by atoms with van der Waals surface area (Å²) in [5.41, 5.74) is 1.60. The van der Waals surface area contributed by atoms with Crippen molar-refractivity contribution < 1.29 is 24.0 Å². The van der Waals surface area contributed by atoms with Gasteiger partial charge in [0.1, 0.15) is 16.0 Å². The fraction of sp³-hybridized carbons (Fsp3) is 0.500. The standard InChI is InChI=1S/C24H27FN4O5S/c1-34-24(31)20-21(29(32)33)22(35-23(20)27-9-8-14(11-27)12-30)15-6-7-19-17(10-15)26-13-28(19)18-5-3-2-4-16(18)25/h6-7,10,13-14,16,18,30H,2-5,8-9,11-12H2,1H3/t14-,16+,18+/m0/s1. The van der Waals surface area contributed by atoms with Crippen LogP contribution in [0.15, 0.2) is 24.5 Å². The molecule has 2 aromatic heterocycles. The van der Waals surface area contributed by atoms with Crippen LogP contribution in [0.3, 0.4) is 0 Å². The first-order chi connectivity index (χ1) is 16.9. The molecular formula is C24H27FN4O5S. The van der Waals surface area contributed by atoms with Gasteiger partial charge < -0.3 is 19.3 Å². The van der Waals surface area contributed by atoms with Crippen molar-refractivity contribution in [2.24, 2.45) is 5.92 Å². The summed E-state index contributed by atoms with van der Waals surface area (Å²) >= 11 is 1.17. The highest BCUT2D eigenvalue weighted by Crippen LogP contribution is 2.49. The summed E-state index contributed by atoms with van der Waals surface area (Å²) in [6.07, 6.45) is 4.60. The molecule has 3 heterocycles. The maximum atomic E-state index is 14.6. The normalized spacial score (nSPS) is 22.6.